The van der Waals surface area contributed by atoms with Gasteiger partial charge in [0.1, 0.15) is 0 Å². The van der Waals surface area contributed by atoms with E-state index in [-0.39, 0.29) is 5.92 Å². The molecule has 2 unspecified atom stereocenters. The van der Waals surface area contributed by atoms with Gasteiger partial charge in [0, 0.05) is 32.2 Å². The van der Waals surface area contributed by atoms with Crippen LogP contribution in [0.4, 0.5) is 0 Å². The van der Waals surface area contributed by atoms with E-state index >= 15 is 0 Å². The molecule has 0 bridgehead atoms. The number of carbonyl (C=O) groups excluding carboxylic acids is 1. The minimum absolute atomic E-state index is 0.203. The molecule has 1 amide bonds. The Morgan fingerprint density at radius 1 is 1.39 bits per heavy atom. The van der Waals surface area contributed by atoms with Crippen molar-refractivity contribution in [2.45, 2.75) is 38.6 Å². The molecule has 2 atom stereocenters. The predicted molar refractivity (Wildman–Crippen MR) is 71.4 cm³/mol. The third kappa shape index (κ3) is 4.25. The maximum atomic E-state index is 12.2. The molecular weight excluding hydrogens is 228 g/mol. The molecular formula is C14H26N2O2. The van der Waals surface area contributed by atoms with E-state index < -0.39 is 0 Å². The van der Waals surface area contributed by atoms with Gasteiger partial charge in [-0.1, -0.05) is 0 Å². The SMILES string of the molecule is CC1CC(C(=O)N(C)CCOCC2CC2)CCN1. The van der Waals surface area contributed by atoms with Crippen LogP contribution in [0.25, 0.3) is 0 Å². The molecule has 1 saturated carbocycles. The zero-order valence-corrected chi connectivity index (χ0v) is 11.7. The smallest absolute Gasteiger partial charge is 0.225 e. The Labute approximate surface area is 110 Å². The number of amides is 1. The van der Waals surface area contributed by atoms with Gasteiger partial charge in [0.15, 0.2) is 0 Å². The minimum Gasteiger partial charge on any atom is -0.379 e. The quantitative estimate of drug-likeness (QED) is 0.726. The van der Waals surface area contributed by atoms with Crippen molar-refractivity contribution in [1.29, 1.82) is 0 Å². The van der Waals surface area contributed by atoms with Crippen molar-refractivity contribution in [2.24, 2.45) is 11.8 Å². The average Bonchev–Trinajstić information content (AvgIpc) is 3.17. The van der Waals surface area contributed by atoms with Gasteiger partial charge >= 0.3 is 0 Å². The fourth-order valence-corrected chi connectivity index (χ4v) is 2.51. The Kier molecular flexibility index (Phi) is 5.01. The molecule has 4 heteroatoms. The highest BCUT2D eigenvalue weighted by atomic mass is 16.5. The largest absolute Gasteiger partial charge is 0.379 e. The molecule has 0 radical (unpaired) electrons. The molecule has 2 fully saturated rings. The number of nitrogens with zero attached hydrogens (tertiary/aromatic N) is 1. The van der Waals surface area contributed by atoms with Crippen molar-refractivity contribution < 1.29 is 9.53 Å². The third-order valence-corrected chi connectivity index (χ3v) is 3.97. The number of carbonyl (C=O) groups is 1. The highest BCUT2D eigenvalue weighted by Gasteiger charge is 2.27. The summed E-state index contributed by atoms with van der Waals surface area (Å²) in [5, 5.41) is 3.38. The summed E-state index contributed by atoms with van der Waals surface area (Å²) in [6.45, 7) is 5.40. The van der Waals surface area contributed by atoms with Gasteiger partial charge in [-0.05, 0) is 45.1 Å². The Balaban J connectivity index is 1.63. The van der Waals surface area contributed by atoms with Crippen molar-refractivity contribution in [3.8, 4) is 0 Å². The van der Waals surface area contributed by atoms with Gasteiger partial charge in [-0.25, -0.2) is 0 Å². The summed E-state index contributed by atoms with van der Waals surface area (Å²) in [7, 11) is 1.90. The Morgan fingerprint density at radius 2 is 2.17 bits per heavy atom. The number of nitrogens with one attached hydrogen (secondary N) is 1. The molecule has 0 spiro atoms. The van der Waals surface area contributed by atoms with Crippen LogP contribution in [0.5, 0.6) is 0 Å². The molecule has 1 aliphatic heterocycles. The van der Waals surface area contributed by atoms with Crippen molar-refractivity contribution in [3.05, 3.63) is 0 Å². The summed E-state index contributed by atoms with van der Waals surface area (Å²) < 4.78 is 5.58. The second kappa shape index (κ2) is 6.53. The molecule has 1 saturated heterocycles. The first-order chi connectivity index (χ1) is 8.66. The number of piperidine rings is 1. The number of ether oxygens (including phenoxy) is 1. The van der Waals surface area contributed by atoms with Gasteiger partial charge in [-0.3, -0.25) is 4.79 Å². The lowest BCUT2D eigenvalue weighted by Crippen LogP contribution is -2.43. The Hall–Kier alpha value is -0.610. The van der Waals surface area contributed by atoms with Gasteiger partial charge < -0.3 is 15.0 Å². The molecule has 2 rings (SSSR count). The Morgan fingerprint density at radius 3 is 2.83 bits per heavy atom. The number of rotatable bonds is 6. The second-order valence-corrected chi connectivity index (χ2v) is 5.85. The van der Waals surface area contributed by atoms with E-state index in [0.717, 1.165) is 38.5 Å². The molecule has 0 aromatic heterocycles. The van der Waals surface area contributed by atoms with Crippen molar-refractivity contribution in [3.63, 3.8) is 0 Å². The first-order valence-corrected chi connectivity index (χ1v) is 7.23. The summed E-state index contributed by atoms with van der Waals surface area (Å²) >= 11 is 0. The van der Waals surface area contributed by atoms with Crippen LogP contribution in [-0.2, 0) is 9.53 Å². The van der Waals surface area contributed by atoms with Crippen molar-refractivity contribution >= 4 is 5.91 Å². The van der Waals surface area contributed by atoms with E-state index in [9.17, 15) is 4.79 Å². The predicted octanol–water partition coefficient (Wildman–Crippen LogP) is 1.26. The van der Waals surface area contributed by atoms with Crippen LogP contribution in [-0.4, -0.2) is 50.2 Å². The van der Waals surface area contributed by atoms with E-state index in [2.05, 4.69) is 12.2 Å². The topological polar surface area (TPSA) is 41.6 Å². The van der Waals surface area contributed by atoms with Crippen LogP contribution >= 0.6 is 0 Å². The minimum atomic E-state index is 0.203. The third-order valence-electron chi connectivity index (χ3n) is 3.97. The van der Waals surface area contributed by atoms with E-state index in [4.69, 9.17) is 4.74 Å². The molecule has 1 heterocycles. The molecule has 104 valence electrons. The van der Waals surface area contributed by atoms with Crippen LogP contribution in [0.2, 0.25) is 0 Å². The summed E-state index contributed by atoms with van der Waals surface area (Å²) in [6.07, 6.45) is 4.58. The fraction of sp³-hybridized carbons (Fsp3) is 0.929. The van der Waals surface area contributed by atoms with Crippen molar-refractivity contribution in [1.82, 2.24) is 10.2 Å². The summed E-state index contributed by atoms with van der Waals surface area (Å²) in [6, 6.07) is 0.465. The lowest BCUT2D eigenvalue weighted by atomic mass is 9.92. The number of hydrogen-bond donors (Lipinski definition) is 1. The van der Waals surface area contributed by atoms with Gasteiger partial charge in [0.2, 0.25) is 5.91 Å². The number of hydrogen-bond acceptors (Lipinski definition) is 3. The van der Waals surface area contributed by atoms with Crippen LogP contribution in [0.15, 0.2) is 0 Å². The molecule has 0 aromatic carbocycles. The standard InChI is InChI=1S/C14H26N2O2/c1-11-9-13(5-6-15-11)14(17)16(2)7-8-18-10-12-3-4-12/h11-13,15H,3-10H2,1-2H3. The van der Waals surface area contributed by atoms with Gasteiger partial charge in [0.25, 0.3) is 0 Å². The summed E-state index contributed by atoms with van der Waals surface area (Å²) in [5.41, 5.74) is 0. The molecule has 1 aliphatic carbocycles. The lowest BCUT2D eigenvalue weighted by molar-refractivity contribution is -0.136. The molecule has 1 N–H and O–H groups in total. The number of likely N-dealkylation sites (N-methyl/N-ethyl adjacent to an activating group) is 1. The highest BCUT2D eigenvalue weighted by molar-refractivity contribution is 5.78. The van der Waals surface area contributed by atoms with Crippen LogP contribution in [0.1, 0.15) is 32.6 Å². The zero-order chi connectivity index (χ0) is 13.0. The van der Waals surface area contributed by atoms with E-state index in [1.807, 2.05) is 11.9 Å². The van der Waals surface area contributed by atoms with E-state index in [1.165, 1.54) is 12.8 Å². The summed E-state index contributed by atoms with van der Waals surface area (Å²) in [5.74, 6) is 1.30. The monoisotopic (exact) mass is 254 g/mol. The molecule has 18 heavy (non-hydrogen) atoms. The lowest BCUT2D eigenvalue weighted by Gasteiger charge is -2.30. The molecule has 2 aliphatic rings. The van der Waals surface area contributed by atoms with Crippen LogP contribution in [0, 0.1) is 11.8 Å². The van der Waals surface area contributed by atoms with Crippen LogP contribution in [0.3, 0.4) is 0 Å². The normalized spacial score (nSPS) is 28.1. The molecule has 4 nitrogen and oxygen atoms in total. The zero-order valence-electron chi connectivity index (χ0n) is 11.7. The van der Waals surface area contributed by atoms with Crippen molar-refractivity contribution in [2.75, 3.05) is 33.4 Å². The first kappa shape index (κ1) is 13.8. The van der Waals surface area contributed by atoms with E-state index in [0.29, 0.717) is 18.6 Å². The summed E-state index contributed by atoms with van der Waals surface area (Å²) in [4.78, 5) is 14.1. The highest BCUT2D eigenvalue weighted by Crippen LogP contribution is 2.28. The van der Waals surface area contributed by atoms with Gasteiger partial charge in [0.05, 0.1) is 6.61 Å². The van der Waals surface area contributed by atoms with E-state index in [1.54, 1.807) is 0 Å². The second-order valence-electron chi connectivity index (χ2n) is 5.85. The van der Waals surface area contributed by atoms with Gasteiger partial charge in [-0.2, -0.15) is 0 Å². The van der Waals surface area contributed by atoms with Gasteiger partial charge in [-0.15, -0.1) is 0 Å². The average molecular weight is 254 g/mol. The molecule has 0 aromatic rings. The maximum absolute atomic E-state index is 12.2. The maximum Gasteiger partial charge on any atom is 0.225 e. The fourth-order valence-electron chi connectivity index (χ4n) is 2.51. The van der Waals surface area contributed by atoms with Crippen LogP contribution < -0.4 is 5.32 Å². The Bertz CT molecular complexity index is 279. The first-order valence-electron chi connectivity index (χ1n) is 7.23.